The molecule has 34 heavy (non-hydrogen) atoms. The summed E-state index contributed by atoms with van der Waals surface area (Å²) in [5.41, 5.74) is 1.35. The summed E-state index contributed by atoms with van der Waals surface area (Å²) in [5.74, 6) is -0.174. The van der Waals surface area contributed by atoms with Crippen molar-refractivity contribution in [1.29, 1.82) is 0 Å². The molecule has 184 valence electrons. The number of piperidine rings is 1. The molecule has 1 atom stereocenters. The maximum Gasteiger partial charge on any atom is 0.243 e. The van der Waals surface area contributed by atoms with E-state index in [1.807, 2.05) is 6.07 Å². The largest absolute Gasteiger partial charge is 0.355 e. The Bertz CT molecular complexity index is 1010. The van der Waals surface area contributed by atoms with Crippen molar-refractivity contribution in [3.63, 3.8) is 0 Å². The van der Waals surface area contributed by atoms with Gasteiger partial charge in [-0.25, -0.2) is 8.42 Å². The molecular formula is C26H36N4O3S. The minimum atomic E-state index is -3.67. The summed E-state index contributed by atoms with van der Waals surface area (Å²) >= 11 is 0. The van der Waals surface area contributed by atoms with E-state index in [2.05, 4.69) is 39.4 Å². The molecule has 0 aliphatic carbocycles. The molecule has 7 nitrogen and oxygen atoms in total. The molecule has 2 saturated heterocycles. The number of nitrogens with one attached hydrogen (secondary N) is 1. The lowest BCUT2D eigenvalue weighted by atomic mass is 10.0. The fourth-order valence-electron chi connectivity index (χ4n) is 4.83. The van der Waals surface area contributed by atoms with Crippen molar-refractivity contribution >= 4 is 15.9 Å². The van der Waals surface area contributed by atoms with Gasteiger partial charge < -0.3 is 10.2 Å². The van der Waals surface area contributed by atoms with E-state index in [1.165, 1.54) is 9.87 Å². The topological polar surface area (TPSA) is 73.0 Å². The lowest BCUT2D eigenvalue weighted by Gasteiger charge is -2.35. The van der Waals surface area contributed by atoms with E-state index in [0.29, 0.717) is 19.5 Å². The number of hydrogen-bond acceptors (Lipinski definition) is 5. The number of sulfonamides is 1. The number of carbonyl (C=O) groups is 1. The van der Waals surface area contributed by atoms with E-state index in [9.17, 15) is 13.2 Å². The minimum Gasteiger partial charge on any atom is -0.355 e. The van der Waals surface area contributed by atoms with E-state index in [0.717, 1.165) is 58.5 Å². The lowest BCUT2D eigenvalue weighted by molar-refractivity contribution is -0.125. The van der Waals surface area contributed by atoms with E-state index in [-0.39, 0.29) is 10.8 Å². The van der Waals surface area contributed by atoms with Gasteiger partial charge in [-0.1, -0.05) is 55.0 Å². The Morgan fingerprint density at radius 3 is 2.21 bits per heavy atom. The Labute approximate surface area is 203 Å². The maximum absolute atomic E-state index is 13.1. The first-order valence-electron chi connectivity index (χ1n) is 12.4. The summed E-state index contributed by atoms with van der Waals surface area (Å²) in [6.45, 7) is 7.07. The molecule has 0 aromatic heterocycles. The SMILES string of the molecule is O=C(NCCCN1CCN(Cc2ccccc2)CC1)C1CCCCN1S(=O)(=O)c1ccccc1. The van der Waals surface area contributed by atoms with Gasteiger partial charge in [0.2, 0.25) is 15.9 Å². The van der Waals surface area contributed by atoms with Crippen molar-refractivity contribution < 1.29 is 13.2 Å². The molecule has 2 heterocycles. The fourth-order valence-corrected chi connectivity index (χ4v) is 6.50. The second kappa shape index (κ2) is 11.9. The number of carbonyl (C=O) groups excluding carboxylic acids is 1. The van der Waals surface area contributed by atoms with Gasteiger partial charge in [-0.05, 0) is 43.5 Å². The standard InChI is InChI=1S/C26H36N4O3S/c31-26(25-14-7-8-17-30(25)34(32,33)24-12-5-2-6-13-24)27-15-9-16-28-18-20-29(21-19-28)22-23-10-3-1-4-11-23/h1-6,10-13,25H,7-9,14-22H2,(H,27,31). The summed E-state index contributed by atoms with van der Waals surface area (Å²) in [7, 11) is -3.67. The maximum atomic E-state index is 13.1. The summed E-state index contributed by atoms with van der Waals surface area (Å²) in [6.07, 6.45) is 3.09. The Kier molecular flexibility index (Phi) is 8.72. The van der Waals surface area contributed by atoms with Crippen LogP contribution in [-0.2, 0) is 21.4 Å². The van der Waals surface area contributed by atoms with Crippen LogP contribution in [0.5, 0.6) is 0 Å². The van der Waals surface area contributed by atoms with Gasteiger partial charge in [-0.3, -0.25) is 9.69 Å². The molecule has 1 N–H and O–H groups in total. The van der Waals surface area contributed by atoms with Crippen LogP contribution in [0, 0.1) is 0 Å². The summed E-state index contributed by atoms with van der Waals surface area (Å²) in [4.78, 5) is 18.1. The molecule has 0 spiro atoms. The third kappa shape index (κ3) is 6.44. The van der Waals surface area contributed by atoms with Crippen LogP contribution in [0.3, 0.4) is 0 Å². The number of piperazine rings is 1. The number of rotatable bonds is 9. The van der Waals surface area contributed by atoms with E-state index in [4.69, 9.17) is 0 Å². The molecule has 2 aliphatic heterocycles. The van der Waals surface area contributed by atoms with Crippen LogP contribution in [0.25, 0.3) is 0 Å². The molecule has 2 aromatic rings. The van der Waals surface area contributed by atoms with Crippen LogP contribution in [0.2, 0.25) is 0 Å². The molecule has 1 unspecified atom stereocenters. The van der Waals surface area contributed by atoms with Gasteiger partial charge in [0.15, 0.2) is 0 Å². The van der Waals surface area contributed by atoms with E-state index < -0.39 is 16.1 Å². The molecular weight excluding hydrogens is 448 g/mol. The van der Waals surface area contributed by atoms with Gasteiger partial charge in [0, 0.05) is 45.8 Å². The first kappa shape index (κ1) is 24.9. The summed E-state index contributed by atoms with van der Waals surface area (Å²) in [5, 5.41) is 3.00. The molecule has 2 aliphatic rings. The average molecular weight is 485 g/mol. The summed E-state index contributed by atoms with van der Waals surface area (Å²) in [6, 6.07) is 18.4. The minimum absolute atomic E-state index is 0.174. The van der Waals surface area contributed by atoms with Crippen molar-refractivity contribution in [2.24, 2.45) is 0 Å². The van der Waals surface area contributed by atoms with Gasteiger partial charge in [-0.2, -0.15) is 4.31 Å². The zero-order valence-corrected chi connectivity index (χ0v) is 20.6. The molecule has 0 saturated carbocycles. The zero-order valence-electron chi connectivity index (χ0n) is 19.8. The van der Waals surface area contributed by atoms with E-state index in [1.54, 1.807) is 30.3 Å². The van der Waals surface area contributed by atoms with Crippen LogP contribution >= 0.6 is 0 Å². The third-order valence-corrected chi connectivity index (χ3v) is 8.69. The van der Waals surface area contributed by atoms with Crippen molar-refractivity contribution in [3.8, 4) is 0 Å². The van der Waals surface area contributed by atoms with Crippen LogP contribution in [0.15, 0.2) is 65.6 Å². The van der Waals surface area contributed by atoms with Crippen molar-refractivity contribution in [2.75, 3.05) is 45.8 Å². The molecule has 8 heteroatoms. The highest BCUT2D eigenvalue weighted by molar-refractivity contribution is 7.89. The number of nitrogens with zero attached hydrogens (tertiary/aromatic N) is 3. The predicted octanol–water partition coefficient (Wildman–Crippen LogP) is 2.55. The molecule has 0 bridgehead atoms. The quantitative estimate of drug-likeness (QED) is 0.554. The van der Waals surface area contributed by atoms with Crippen LogP contribution in [0.4, 0.5) is 0 Å². The van der Waals surface area contributed by atoms with Gasteiger partial charge in [0.25, 0.3) is 0 Å². The third-order valence-electron chi connectivity index (χ3n) is 6.77. The first-order valence-corrected chi connectivity index (χ1v) is 13.8. The zero-order chi connectivity index (χ0) is 23.8. The Morgan fingerprint density at radius 2 is 1.50 bits per heavy atom. The predicted molar refractivity (Wildman–Crippen MR) is 134 cm³/mol. The van der Waals surface area contributed by atoms with Crippen LogP contribution < -0.4 is 5.32 Å². The molecule has 0 radical (unpaired) electrons. The second-order valence-electron chi connectivity index (χ2n) is 9.19. The van der Waals surface area contributed by atoms with Crippen molar-refractivity contribution in [2.45, 2.75) is 43.2 Å². The lowest BCUT2D eigenvalue weighted by Crippen LogP contribution is -2.52. The van der Waals surface area contributed by atoms with Gasteiger partial charge >= 0.3 is 0 Å². The highest BCUT2D eigenvalue weighted by atomic mass is 32.2. The Hall–Kier alpha value is -2.26. The fraction of sp³-hybridized carbons (Fsp3) is 0.500. The monoisotopic (exact) mass is 484 g/mol. The normalized spacial score (nSPS) is 20.8. The molecule has 2 aromatic carbocycles. The van der Waals surface area contributed by atoms with Crippen LogP contribution in [0.1, 0.15) is 31.2 Å². The van der Waals surface area contributed by atoms with Gasteiger partial charge in [0.05, 0.1) is 4.90 Å². The van der Waals surface area contributed by atoms with Gasteiger partial charge in [-0.15, -0.1) is 0 Å². The number of benzene rings is 2. The van der Waals surface area contributed by atoms with Crippen molar-refractivity contribution in [1.82, 2.24) is 19.4 Å². The van der Waals surface area contributed by atoms with E-state index >= 15 is 0 Å². The molecule has 1 amide bonds. The first-order chi connectivity index (χ1) is 16.5. The Balaban J connectivity index is 1.20. The number of hydrogen-bond donors (Lipinski definition) is 1. The number of amides is 1. The van der Waals surface area contributed by atoms with Crippen LogP contribution in [-0.4, -0.2) is 80.3 Å². The highest BCUT2D eigenvalue weighted by Crippen LogP contribution is 2.25. The average Bonchev–Trinajstić information content (AvgIpc) is 2.88. The Morgan fingerprint density at radius 1 is 0.853 bits per heavy atom. The summed E-state index contributed by atoms with van der Waals surface area (Å²) < 4.78 is 27.6. The van der Waals surface area contributed by atoms with Crippen molar-refractivity contribution in [3.05, 3.63) is 66.2 Å². The smallest absolute Gasteiger partial charge is 0.243 e. The highest BCUT2D eigenvalue weighted by Gasteiger charge is 2.37. The molecule has 4 rings (SSSR count). The van der Waals surface area contributed by atoms with Gasteiger partial charge in [0.1, 0.15) is 6.04 Å². The molecule has 2 fully saturated rings. The second-order valence-corrected chi connectivity index (χ2v) is 11.1.